The molecule has 0 saturated carbocycles. The van der Waals surface area contributed by atoms with Crippen molar-refractivity contribution in [3.8, 4) is 0 Å². The van der Waals surface area contributed by atoms with Crippen LogP contribution in [0.3, 0.4) is 0 Å². The number of benzene rings is 1. The maximum Gasteiger partial charge on any atom is 0.275 e. The molecule has 9 heteroatoms. The van der Waals surface area contributed by atoms with Crippen molar-refractivity contribution in [3.63, 3.8) is 0 Å². The summed E-state index contributed by atoms with van der Waals surface area (Å²) < 4.78 is 19.6. The van der Waals surface area contributed by atoms with Gasteiger partial charge in [0.1, 0.15) is 17.3 Å². The van der Waals surface area contributed by atoms with Gasteiger partial charge in [0.2, 0.25) is 0 Å². The van der Waals surface area contributed by atoms with Crippen molar-refractivity contribution in [3.05, 3.63) is 60.0 Å². The Balaban J connectivity index is 0.00000243. The maximum absolute atomic E-state index is 14.3. The smallest absolute Gasteiger partial charge is 0.275 e. The van der Waals surface area contributed by atoms with E-state index < -0.39 is 17.3 Å². The number of halogens is 1. The first kappa shape index (κ1) is 20.1. The molecule has 0 aliphatic carbocycles. The molecular formula is C17H17FN5O2Re-. The SMILES string of the molecule is Cc1cnc(C(=O)Nc2ccc(F)c(C3(C)[CH-]OCC(N)=N3)c2)cn1.[Re]. The van der Waals surface area contributed by atoms with Gasteiger partial charge >= 0.3 is 0 Å². The number of rotatable bonds is 3. The molecule has 0 spiro atoms. The molecule has 1 atom stereocenters. The van der Waals surface area contributed by atoms with E-state index >= 15 is 0 Å². The van der Waals surface area contributed by atoms with Crippen molar-refractivity contribution in [2.75, 3.05) is 11.9 Å². The molecule has 137 valence electrons. The first-order valence-corrected chi connectivity index (χ1v) is 7.57. The van der Waals surface area contributed by atoms with E-state index in [4.69, 9.17) is 10.5 Å². The van der Waals surface area contributed by atoms with E-state index in [0.29, 0.717) is 11.4 Å². The minimum absolute atomic E-state index is 0. The van der Waals surface area contributed by atoms with Crippen LogP contribution in [-0.4, -0.2) is 28.3 Å². The summed E-state index contributed by atoms with van der Waals surface area (Å²) in [6.45, 7) is 5.05. The van der Waals surface area contributed by atoms with E-state index in [1.165, 1.54) is 37.2 Å². The van der Waals surface area contributed by atoms with Crippen LogP contribution < -0.4 is 11.1 Å². The molecule has 0 fully saturated rings. The van der Waals surface area contributed by atoms with Crippen molar-refractivity contribution in [2.45, 2.75) is 19.4 Å². The Kier molecular flexibility index (Phi) is 6.18. The summed E-state index contributed by atoms with van der Waals surface area (Å²) in [5, 5.41) is 2.67. The molecule has 2 heterocycles. The molecule has 1 unspecified atom stereocenters. The monoisotopic (exact) mass is 529 g/mol. The number of carbonyl (C=O) groups is 1. The zero-order valence-corrected chi connectivity index (χ0v) is 16.9. The quantitative estimate of drug-likeness (QED) is 0.593. The third kappa shape index (κ3) is 4.30. The number of hydrogen-bond acceptors (Lipinski definition) is 6. The van der Waals surface area contributed by atoms with Gasteiger partial charge in [0, 0.05) is 32.3 Å². The van der Waals surface area contributed by atoms with Crippen molar-refractivity contribution in [1.29, 1.82) is 0 Å². The van der Waals surface area contributed by atoms with E-state index in [1.54, 1.807) is 13.8 Å². The molecule has 1 aromatic carbocycles. The van der Waals surface area contributed by atoms with Crippen LogP contribution in [0.4, 0.5) is 10.1 Å². The van der Waals surface area contributed by atoms with Crippen molar-refractivity contribution in [2.24, 2.45) is 10.7 Å². The fourth-order valence-electron chi connectivity index (χ4n) is 2.47. The molecule has 1 amide bonds. The van der Waals surface area contributed by atoms with Crippen LogP contribution >= 0.6 is 0 Å². The number of aromatic nitrogens is 2. The van der Waals surface area contributed by atoms with Gasteiger partial charge in [0.05, 0.1) is 18.5 Å². The molecule has 3 rings (SSSR count). The first-order chi connectivity index (χ1) is 11.9. The molecule has 1 aliphatic heterocycles. The number of nitrogens with one attached hydrogen (secondary N) is 1. The Bertz CT molecular complexity index is 844. The second-order valence-electron chi connectivity index (χ2n) is 5.87. The van der Waals surface area contributed by atoms with Gasteiger partial charge in [0.15, 0.2) is 0 Å². The Morgan fingerprint density at radius 1 is 1.38 bits per heavy atom. The summed E-state index contributed by atoms with van der Waals surface area (Å²) in [6, 6.07) is 4.21. The van der Waals surface area contributed by atoms with E-state index in [2.05, 4.69) is 20.3 Å². The fourth-order valence-corrected chi connectivity index (χ4v) is 2.47. The summed E-state index contributed by atoms with van der Waals surface area (Å²) in [6.07, 6.45) is 2.88. The largest absolute Gasteiger partial charge is 0.544 e. The van der Waals surface area contributed by atoms with Crippen LogP contribution in [0.25, 0.3) is 0 Å². The summed E-state index contributed by atoms with van der Waals surface area (Å²) in [4.78, 5) is 24.6. The minimum Gasteiger partial charge on any atom is -0.544 e. The predicted molar refractivity (Wildman–Crippen MR) is 90.3 cm³/mol. The molecule has 3 N–H and O–H groups in total. The van der Waals surface area contributed by atoms with Crippen LogP contribution in [0, 0.1) is 19.3 Å². The van der Waals surface area contributed by atoms with Gasteiger partial charge < -0.3 is 15.8 Å². The van der Waals surface area contributed by atoms with Crippen LogP contribution in [0.2, 0.25) is 0 Å². The van der Waals surface area contributed by atoms with Crippen molar-refractivity contribution in [1.82, 2.24) is 9.97 Å². The molecule has 1 aliphatic rings. The maximum atomic E-state index is 14.3. The summed E-state index contributed by atoms with van der Waals surface area (Å²) in [7, 11) is 0. The van der Waals surface area contributed by atoms with Crippen molar-refractivity contribution >= 4 is 17.4 Å². The number of nitrogens with two attached hydrogens (primary N) is 1. The Hall–Kier alpha value is -2.21. The molecule has 0 saturated heterocycles. The molecule has 1 aromatic heterocycles. The zero-order valence-electron chi connectivity index (χ0n) is 14.2. The van der Waals surface area contributed by atoms with Gasteiger partial charge in [-0.1, -0.05) is 6.92 Å². The topological polar surface area (TPSA) is 102 Å². The molecule has 0 bridgehead atoms. The van der Waals surface area contributed by atoms with E-state index in [1.807, 2.05) is 0 Å². The Morgan fingerprint density at radius 3 is 2.81 bits per heavy atom. The molecule has 7 nitrogen and oxygen atoms in total. The van der Waals surface area contributed by atoms with Gasteiger partial charge in [-0.3, -0.25) is 14.8 Å². The predicted octanol–water partition coefficient (Wildman–Crippen LogP) is 1.94. The van der Waals surface area contributed by atoms with Gasteiger partial charge in [-0.2, -0.15) is 6.61 Å². The average molecular weight is 529 g/mol. The fraction of sp³-hybridized carbons (Fsp3) is 0.235. The van der Waals surface area contributed by atoms with Crippen LogP contribution in [0.5, 0.6) is 0 Å². The Morgan fingerprint density at radius 2 is 2.15 bits per heavy atom. The number of amides is 1. The number of nitrogens with zero attached hydrogens (tertiary/aromatic N) is 3. The Labute approximate surface area is 163 Å². The van der Waals surface area contributed by atoms with Gasteiger partial charge in [0.25, 0.3) is 5.91 Å². The number of carbonyl (C=O) groups excluding carboxylic acids is 1. The second kappa shape index (κ2) is 8.00. The van der Waals surface area contributed by atoms with E-state index in [0.717, 1.165) is 0 Å². The van der Waals surface area contributed by atoms with Crippen LogP contribution in [0.15, 0.2) is 35.6 Å². The minimum atomic E-state index is -1.07. The van der Waals surface area contributed by atoms with E-state index in [9.17, 15) is 9.18 Å². The third-order valence-corrected chi connectivity index (χ3v) is 3.70. The van der Waals surface area contributed by atoms with Gasteiger partial charge in [-0.25, -0.2) is 9.37 Å². The number of ether oxygens (including phenoxy) is 1. The summed E-state index contributed by atoms with van der Waals surface area (Å²) >= 11 is 0. The van der Waals surface area contributed by atoms with Crippen molar-refractivity contribution < 1.29 is 34.3 Å². The van der Waals surface area contributed by atoms with Gasteiger partial charge in [-0.15, -0.1) is 0 Å². The number of amidine groups is 1. The number of aryl methyl sites for hydroxylation is 1. The molecule has 26 heavy (non-hydrogen) atoms. The summed E-state index contributed by atoms with van der Waals surface area (Å²) in [5.41, 5.74) is 6.14. The van der Waals surface area contributed by atoms with Crippen LogP contribution in [0.1, 0.15) is 28.7 Å². The summed E-state index contributed by atoms with van der Waals surface area (Å²) in [5.74, 6) is -0.648. The number of aliphatic imine (C=N–C) groups is 1. The number of hydrogen-bond donors (Lipinski definition) is 2. The normalized spacial score (nSPS) is 19.3. The molecular weight excluding hydrogens is 511 g/mol. The van der Waals surface area contributed by atoms with Gasteiger partial charge in [-0.05, 0) is 36.2 Å². The zero-order chi connectivity index (χ0) is 18.0. The second-order valence-corrected chi connectivity index (χ2v) is 5.87. The first-order valence-electron chi connectivity index (χ1n) is 7.57. The molecule has 1 radical (unpaired) electrons. The average Bonchev–Trinajstić information content (AvgIpc) is 2.57. The molecule has 2 aromatic rings. The van der Waals surface area contributed by atoms with E-state index in [-0.39, 0.29) is 44.1 Å². The standard InChI is InChI=1S/C17H17FN5O2.Re/c1-10-6-21-14(7-20-10)16(24)22-11-3-4-13(18)12(5-11)17(2)9-25-8-15(19)23-17;/h3-7,9H,8H2,1-2H3,(H2,19,23)(H,22,24);/q-1;. The number of anilines is 1. The third-order valence-electron chi connectivity index (χ3n) is 3.70. The van der Waals surface area contributed by atoms with Crippen LogP contribution in [-0.2, 0) is 30.7 Å².